The summed E-state index contributed by atoms with van der Waals surface area (Å²) < 4.78 is 5.16. The van der Waals surface area contributed by atoms with Gasteiger partial charge in [0.2, 0.25) is 11.8 Å². The van der Waals surface area contributed by atoms with Crippen molar-refractivity contribution in [2.45, 2.75) is 37.6 Å². The van der Waals surface area contributed by atoms with Crippen molar-refractivity contribution >= 4 is 11.9 Å². The smallest absolute Gasteiger partial charge is 0.254 e. The Balaban J connectivity index is 1.35. The molecule has 4 heterocycles. The lowest BCUT2D eigenvalue weighted by atomic mass is 9.89. The van der Waals surface area contributed by atoms with Crippen molar-refractivity contribution < 1.29 is 9.53 Å². The van der Waals surface area contributed by atoms with E-state index < -0.39 is 0 Å². The Morgan fingerprint density at radius 2 is 1.84 bits per heavy atom. The Morgan fingerprint density at radius 3 is 2.56 bits per heavy atom. The molecule has 1 amide bonds. The van der Waals surface area contributed by atoms with Crippen LogP contribution < -0.4 is 10.1 Å². The zero-order chi connectivity index (χ0) is 21.9. The molecular weight excluding hydrogens is 404 g/mol. The largest absolute Gasteiger partial charge is 0.481 e. The molecule has 1 aliphatic heterocycles. The molecule has 3 aromatic rings. The molecule has 0 spiro atoms. The number of piperidine rings is 1. The standard InChI is InChI=1S/C24H26N6O2/c1-32-21-14-18(6-11-26-21)23(31)30-12-7-17(8-13-30)22-20(16-4-9-25-10-5-16)15-27-24(29-22)28-19-2-3-19/h4-6,9-11,14-15,17,19H,2-3,7-8,12-13H2,1H3,(H,27,28,29). The van der Waals surface area contributed by atoms with Crippen molar-refractivity contribution in [1.29, 1.82) is 0 Å². The van der Waals surface area contributed by atoms with Crippen LogP contribution >= 0.6 is 0 Å². The van der Waals surface area contributed by atoms with Crippen molar-refractivity contribution in [3.8, 4) is 17.0 Å². The third-order valence-corrected chi connectivity index (χ3v) is 6.08. The molecule has 2 aliphatic rings. The molecule has 1 N–H and O–H groups in total. The molecule has 5 rings (SSSR count). The maximum atomic E-state index is 13.0. The zero-order valence-electron chi connectivity index (χ0n) is 18.1. The second kappa shape index (κ2) is 8.90. The number of hydrogen-bond donors (Lipinski definition) is 1. The fourth-order valence-electron chi connectivity index (χ4n) is 4.13. The highest BCUT2D eigenvalue weighted by Crippen LogP contribution is 2.35. The number of likely N-dealkylation sites (tertiary alicyclic amines) is 1. The topological polar surface area (TPSA) is 93.1 Å². The molecule has 0 unspecified atom stereocenters. The predicted molar refractivity (Wildman–Crippen MR) is 121 cm³/mol. The predicted octanol–water partition coefficient (Wildman–Crippen LogP) is 3.54. The van der Waals surface area contributed by atoms with E-state index in [0.717, 1.165) is 29.7 Å². The van der Waals surface area contributed by atoms with Crippen LogP contribution in [-0.4, -0.2) is 57.0 Å². The van der Waals surface area contributed by atoms with Gasteiger partial charge >= 0.3 is 0 Å². The van der Waals surface area contributed by atoms with Crippen LogP contribution in [0.1, 0.15) is 47.7 Å². The minimum absolute atomic E-state index is 0.0114. The number of anilines is 1. The van der Waals surface area contributed by atoms with Gasteiger partial charge in [0.05, 0.1) is 12.8 Å². The highest BCUT2D eigenvalue weighted by Gasteiger charge is 2.29. The number of nitrogens with zero attached hydrogens (tertiary/aromatic N) is 5. The molecule has 164 valence electrons. The van der Waals surface area contributed by atoms with Gasteiger partial charge in [-0.2, -0.15) is 0 Å². The van der Waals surface area contributed by atoms with Gasteiger partial charge in [0.1, 0.15) is 0 Å². The summed E-state index contributed by atoms with van der Waals surface area (Å²) in [7, 11) is 1.55. The number of hydrogen-bond acceptors (Lipinski definition) is 7. The molecule has 1 aliphatic carbocycles. The van der Waals surface area contributed by atoms with E-state index in [9.17, 15) is 4.79 Å². The SMILES string of the molecule is COc1cc(C(=O)N2CCC(c3nc(NC4CC4)ncc3-c3ccncc3)CC2)ccn1. The first-order valence-corrected chi connectivity index (χ1v) is 11.0. The summed E-state index contributed by atoms with van der Waals surface area (Å²) in [6, 6.07) is 7.90. The van der Waals surface area contributed by atoms with Gasteiger partial charge in [-0.05, 0) is 49.4 Å². The van der Waals surface area contributed by atoms with E-state index in [1.165, 1.54) is 12.8 Å². The number of amides is 1. The maximum Gasteiger partial charge on any atom is 0.254 e. The summed E-state index contributed by atoms with van der Waals surface area (Å²) in [5.41, 5.74) is 3.76. The summed E-state index contributed by atoms with van der Waals surface area (Å²) >= 11 is 0. The Bertz CT molecular complexity index is 1090. The number of carbonyl (C=O) groups excluding carboxylic acids is 1. The lowest BCUT2D eigenvalue weighted by Crippen LogP contribution is -2.38. The average Bonchev–Trinajstić information content (AvgIpc) is 3.68. The molecule has 32 heavy (non-hydrogen) atoms. The fourth-order valence-corrected chi connectivity index (χ4v) is 4.13. The Kier molecular flexibility index (Phi) is 5.66. The van der Waals surface area contributed by atoms with Gasteiger partial charge in [-0.3, -0.25) is 9.78 Å². The van der Waals surface area contributed by atoms with Crippen LogP contribution in [0.15, 0.2) is 49.1 Å². The van der Waals surface area contributed by atoms with Crippen molar-refractivity contribution in [3.63, 3.8) is 0 Å². The van der Waals surface area contributed by atoms with Crippen LogP contribution in [-0.2, 0) is 0 Å². The Hall–Kier alpha value is -3.55. The van der Waals surface area contributed by atoms with Crippen molar-refractivity contribution in [3.05, 3.63) is 60.3 Å². The molecule has 0 radical (unpaired) electrons. The average molecular weight is 431 g/mol. The van der Waals surface area contributed by atoms with Gasteiger partial charge < -0.3 is 15.0 Å². The third kappa shape index (κ3) is 4.39. The second-order valence-electron chi connectivity index (χ2n) is 8.30. The van der Waals surface area contributed by atoms with E-state index in [-0.39, 0.29) is 11.8 Å². The zero-order valence-corrected chi connectivity index (χ0v) is 18.1. The van der Waals surface area contributed by atoms with E-state index in [1.54, 1.807) is 37.8 Å². The summed E-state index contributed by atoms with van der Waals surface area (Å²) in [6.45, 7) is 1.36. The summed E-state index contributed by atoms with van der Waals surface area (Å²) in [5.74, 6) is 1.42. The Labute approximate surface area is 187 Å². The molecule has 1 saturated carbocycles. The number of nitrogens with one attached hydrogen (secondary N) is 1. The van der Waals surface area contributed by atoms with Crippen LogP contribution in [0, 0.1) is 0 Å². The molecule has 8 heteroatoms. The number of aromatic nitrogens is 4. The first-order chi connectivity index (χ1) is 15.7. The summed E-state index contributed by atoms with van der Waals surface area (Å²) in [6.07, 6.45) is 11.2. The van der Waals surface area contributed by atoms with Crippen LogP contribution in [0.2, 0.25) is 0 Å². The fraction of sp³-hybridized carbons (Fsp3) is 0.375. The first-order valence-electron chi connectivity index (χ1n) is 11.0. The molecule has 0 aromatic carbocycles. The normalized spacial score (nSPS) is 16.6. The Morgan fingerprint density at radius 1 is 1.06 bits per heavy atom. The highest BCUT2D eigenvalue weighted by atomic mass is 16.5. The van der Waals surface area contributed by atoms with E-state index in [1.807, 2.05) is 23.2 Å². The highest BCUT2D eigenvalue weighted by molar-refractivity contribution is 5.94. The van der Waals surface area contributed by atoms with Crippen molar-refractivity contribution in [1.82, 2.24) is 24.8 Å². The molecule has 0 atom stereocenters. The van der Waals surface area contributed by atoms with Gasteiger partial charge in [-0.25, -0.2) is 15.0 Å². The van der Waals surface area contributed by atoms with Gasteiger partial charge in [0.25, 0.3) is 5.91 Å². The number of rotatable bonds is 6. The monoisotopic (exact) mass is 430 g/mol. The van der Waals surface area contributed by atoms with Crippen LogP contribution in [0.25, 0.3) is 11.1 Å². The molecule has 8 nitrogen and oxygen atoms in total. The maximum absolute atomic E-state index is 13.0. The van der Waals surface area contributed by atoms with E-state index in [2.05, 4.69) is 20.3 Å². The molecule has 2 fully saturated rings. The van der Waals surface area contributed by atoms with E-state index in [4.69, 9.17) is 9.72 Å². The molecule has 3 aromatic heterocycles. The summed E-state index contributed by atoms with van der Waals surface area (Å²) in [4.78, 5) is 32.6. The number of ether oxygens (including phenoxy) is 1. The molecule has 1 saturated heterocycles. The molecule has 0 bridgehead atoms. The van der Waals surface area contributed by atoms with Crippen LogP contribution in [0.5, 0.6) is 5.88 Å². The number of carbonyl (C=O) groups is 1. The first kappa shape index (κ1) is 20.4. The van der Waals surface area contributed by atoms with Crippen LogP contribution in [0.4, 0.5) is 5.95 Å². The minimum Gasteiger partial charge on any atom is -0.481 e. The van der Waals surface area contributed by atoms with Gasteiger partial charge in [0.15, 0.2) is 0 Å². The van der Waals surface area contributed by atoms with Crippen molar-refractivity contribution in [2.24, 2.45) is 0 Å². The summed E-state index contributed by atoms with van der Waals surface area (Å²) in [5, 5.41) is 3.42. The van der Waals surface area contributed by atoms with Gasteiger partial charge in [0, 0.05) is 67.0 Å². The van der Waals surface area contributed by atoms with Gasteiger partial charge in [-0.1, -0.05) is 0 Å². The molecular formula is C24H26N6O2. The number of methoxy groups -OCH3 is 1. The van der Waals surface area contributed by atoms with Crippen LogP contribution in [0.3, 0.4) is 0 Å². The van der Waals surface area contributed by atoms with Crippen molar-refractivity contribution in [2.75, 3.05) is 25.5 Å². The second-order valence-corrected chi connectivity index (χ2v) is 8.30. The lowest BCUT2D eigenvalue weighted by Gasteiger charge is -2.32. The third-order valence-electron chi connectivity index (χ3n) is 6.08. The van der Waals surface area contributed by atoms with Gasteiger partial charge in [-0.15, -0.1) is 0 Å². The quantitative estimate of drug-likeness (QED) is 0.639. The van der Waals surface area contributed by atoms with E-state index >= 15 is 0 Å². The lowest BCUT2D eigenvalue weighted by molar-refractivity contribution is 0.0711. The van der Waals surface area contributed by atoms with E-state index in [0.29, 0.717) is 36.5 Å². The number of pyridine rings is 2. The minimum atomic E-state index is 0.0114.